The van der Waals surface area contributed by atoms with E-state index < -0.39 is 0 Å². The second kappa shape index (κ2) is 6.08. The zero-order valence-electron chi connectivity index (χ0n) is 12.5. The summed E-state index contributed by atoms with van der Waals surface area (Å²) < 4.78 is 9.92. The van der Waals surface area contributed by atoms with Crippen molar-refractivity contribution in [3.63, 3.8) is 0 Å². The van der Waals surface area contributed by atoms with E-state index >= 15 is 0 Å². The molecule has 1 saturated heterocycles. The molecule has 0 unspecified atom stereocenters. The maximum Gasteiger partial charge on any atom is 0.229 e. The van der Waals surface area contributed by atoms with Crippen molar-refractivity contribution in [3.05, 3.63) is 28.2 Å². The molecule has 0 aromatic carbocycles. The maximum atomic E-state index is 12.5. The highest BCUT2D eigenvalue weighted by molar-refractivity contribution is 6.29. The molecule has 2 aromatic rings. The summed E-state index contributed by atoms with van der Waals surface area (Å²) >= 11 is 5.93. The van der Waals surface area contributed by atoms with Gasteiger partial charge in [-0.1, -0.05) is 10.3 Å². The van der Waals surface area contributed by atoms with Crippen LogP contribution >= 0.6 is 11.6 Å². The normalized spacial score (nSPS) is 18.1. The van der Waals surface area contributed by atoms with Crippen LogP contribution in [0.4, 0.5) is 0 Å². The zero-order valence-corrected chi connectivity index (χ0v) is 13.3. The maximum absolute atomic E-state index is 12.5. The highest BCUT2D eigenvalue weighted by atomic mass is 35.5. The SMILES string of the molecule is Cc1nc([C@@H]2CCCN2C(=O)CCc2c(C)noc2Cl)no1. The summed E-state index contributed by atoms with van der Waals surface area (Å²) in [5.41, 5.74) is 1.52. The Morgan fingerprint density at radius 1 is 1.36 bits per heavy atom. The topological polar surface area (TPSA) is 85.3 Å². The second-order valence-electron chi connectivity index (χ2n) is 5.44. The van der Waals surface area contributed by atoms with Gasteiger partial charge in [-0.2, -0.15) is 4.98 Å². The van der Waals surface area contributed by atoms with E-state index in [1.165, 1.54) is 0 Å². The Kier molecular flexibility index (Phi) is 4.15. The molecule has 1 amide bonds. The Morgan fingerprint density at radius 2 is 2.18 bits per heavy atom. The van der Waals surface area contributed by atoms with Crippen LogP contribution in [0.15, 0.2) is 9.05 Å². The number of rotatable bonds is 4. The molecule has 118 valence electrons. The summed E-state index contributed by atoms with van der Waals surface area (Å²) in [6.07, 6.45) is 2.67. The lowest BCUT2D eigenvalue weighted by Gasteiger charge is -2.22. The van der Waals surface area contributed by atoms with Gasteiger partial charge in [-0.15, -0.1) is 0 Å². The summed E-state index contributed by atoms with van der Waals surface area (Å²) in [7, 11) is 0. The third-order valence-electron chi connectivity index (χ3n) is 3.94. The molecule has 1 fully saturated rings. The predicted molar refractivity (Wildman–Crippen MR) is 77.3 cm³/mol. The lowest BCUT2D eigenvalue weighted by molar-refractivity contribution is -0.132. The van der Waals surface area contributed by atoms with Crippen molar-refractivity contribution in [3.8, 4) is 0 Å². The number of likely N-dealkylation sites (tertiary alicyclic amines) is 1. The highest BCUT2D eigenvalue weighted by Crippen LogP contribution is 2.31. The first kappa shape index (κ1) is 15.0. The predicted octanol–water partition coefficient (Wildman–Crippen LogP) is 2.62. The number of carbonyl (C=O) groups excluding carboxylic acids is 1. The Balaban J connectivity index is 1.66. The minimum absolute atomic E-state index is 0.0571. The molecule has 1 aliphatic rings. The number of aryl methyl sites for hydroxylation is 2. The average molecular weight is 325 g/mol. The summed E-state index contributed by atoms with van der Waals surface area (Å²) in [4.78, 5) is 18.6. The number of hydrogen-bond acceptors (Lipinski definition) is 6. The van der Waals surface area contributed by atoms with Gasteiger partial charge in [0.1, 0.15) is 0 Å². The third kappa shape index (κ3) is 2.85. The number of amides is 1. The van der Waals surface area contributed by atoms with Crippen LogP contribution < -0.4 is 0 Å². The van der Waals surface area contributed by atoms with Crippen molar-refractivity contribution in [1.29, 1.82) is 0 Å². The number of aromatic nitrogens is 3. The first-order chi connectivity index (χ1) is 10.6. The minimum Gasteiger partial charge on any atom is -0.344 e. The average Bonchev–Trinajstić information content (AvgIpc) is 3.18. The molecule has 1 atom stereocenters. The first-order valence-corrected chi connectivity index (χ1v) is 7.64. The van der Waals surface area contributed by atoms with Gasteiger partial charge in [-0.25, -0.2) is 0 Å². The quantitative estimate of drug-likeness (QED) is 0.859. The highest BCUT2D eigenvalue weighted by Gasteiger charge is 2.33. The van der Waals surface area contributed by atoms with Gasteiger partial charge < -0.3 is 13.9 Å². The lowest BCUT2D eigenvalue weighted by atomic mass is 10.1. The Hall–Kier alpha value is -1.89. The fraction of sp³-hybridized carbons (Fsp3) is 0.571. The first-order valence-electron chi connectivity index (χ1n) is 7.26. The van der Waals surface area contributed by atoms with Gasteiger partial charge >= 0.3 is 0 Å². The Morgan fingerprint density at radius 3 is 2.82 bits per heavy atom. The number of nitrogens with zero attached hydrogens (tertiary/aromatic N) is 4. The van der Waals surface area contributed by atoms with E-state index in [1.807, 2.05) is 11.8 Å². The summed E-state index contributed by atoms with van der Waals surface area (Å²) in [6, 6.07) is -0.0935. The van der Waals surface area contributed by atoms with Crippen molar-refractivity contribution in [2.45, 2.75) is 45.6 Å². The summed E-state index contributed by atoms with van der Waals surface area (Å²) in [5, 5.41) is 8.00. The van der Waals surface area contributed by atoms with E-state index in [0.29, 0.717) is 31.1 Å². The van der Waals surface area contributed by atoms with E-state index in [-0.39, 0.29) is 17.2 Å². The molecule has 22 heavy (non-hydrogen) atoms. The van der Waals surface area contributed by atoms with E-state index in [9.17, 15) is 4.79 Å². The second-order valence-corrected chi connectivity index (χ2v) is 5.78. The Labute approximate surface area is 132 Å². The van der Waals surface area contributed by atoms with Crippen molar-refractivity contribution < 1.29 is 13.8 Å². The lowest BCUT2D eigenvalue weighted by Crippen LogP contribution is -2.31. The van der Waals surface area contributed by atoms with Gasteiger partial charge in [0.2, 0.25) is 17.0 Å². The molecule has 0 spiro atoms. The molecule has 1 aliphatic heterocycles. The van der Waals surface area contributed by atoms with Crippen LogP contribution in [0.2, 0.25) is 5.22 Å². The monoisotopic (exact) mass is 324 g/mol. The Bertz CT molecular complexity index is 662. The van der Waals surface area contributed by atoms with Gasteiger partial charge in [0.25, 0.3) is 0 Å². The van der Waals surface area contributed by atoms with Crippen molar-refractivity contribution in [2.75, 3.05) is 6.54 Å². The molecule has 0 N–H and O–H groups in total. The van der Waals surface area contributed by atoms with Gasteiger partial charge in [0.15, 0.2) is 5.82 Å². The van der Waals surface area contributed by atoms with Crippen molar-refractivity contribution in [1.82, 2.24) is 20.2 Å². The minimum atomic E-state index is -0.0935. The van der Waals surface area contributed by atoms with E-state index in [2.05, 4.69) is 15.3 Å². The zero-order chi connectivity index (χ0) is 15.7. The molecule has 0 aliphatic carbocycles. The number of hydrogen-bond donors (Lipinski definition) is 0. The van der Waals surface area contributed by atoms with Crippen LogP contribution in [0.1, 0.15) is 48.3 Å². The molecule has 8 heteroatoms. The van der Waals surface area contributed by atoms with Crippen LogP contribution in [-0.2, 0) is 11.2 Å². The van der Waals surface area contributed by atoms with Gasteiger partial charge in [-0.3, -0.25) is 4.79 Å². The van der Waals surface area contributed by atoms with Crippen LogP contribution in [-0.4, -0.2) is 32.6 Å². The summed E-state index contributed by atoms with van der Waals surface area (Å²) in [5.74, 6) is 1.16. The molecule has 3 rings (SSSR count). The van der Waals surface area contributed by atoms with Crippen molar-refractivity contribution in [2.24, 2.45) is 0 Å². The molecule has 0 saturated carbocycles. The fourth-order valence-electron chi connectivity index (χ4n) is 2.80. The molecular formula is C14H17ClN4O3. The standard InChI is InChI=1S/C14H17ClN4O3/c1-8-10(13(15)22-17-8)5-6-12(20)19-7-3-4-11(19)14-16-9(2)21-18-14/h11H,3-7H2,1-2H3/t11-/m0/s1. The van der Waals surface area contributed by atoms with Gasteiger partial charge in [0, 0.05) is 25.5 Å². The van der Waals surface area contributed by atoms with Crippen LogP contribution in [0, 0.1) is 13.8 Å². The number of halogens is 1. The van der Waals surface area contributed by atoms with E-state index in [1.54, 1.807) is 6.92 Å². The molecule has 0 bridgehead atoms. The van der Waals surface area contributed by atoms with E-state index in [4.69, 9.17) is 20.6 Å². The largest absolute Gasteiger partial charge is 0.344 e. The van der Waals surface area contributed by atoms with Gasteiger partial charge in [-0.05, 0) is 37.8 Å². The van der Waals surface area contributed by atoms with Crippen molar-refractivity contribution >= 4 is 17.5 Å². The van der Waals surface area contributed by atoms with Crippen LogP contribution in [0.5, 0.6) is 0 Å². The van der Waals surface area contributed by atoms with Crippen LogP contribution in [0.3, 0.4) is 0 Å². The molecule has 2 aromatic heterocycles. The molecular weight excluding hydrogens is 308 g/mol. The summed E-state index contributed by atoms with van der Waals surface area (Å²) in [6.45, 7) is 4.28. The molecule has 7 nitrogen and oxygen atoms in total. The fourth-order valence-corrected chi connectivity index (χ4v) is 3.07. The smallest absolute Gasteiger partial charge is 0.229 e. The molecule has 0 radical (unpaired) electrons. The third-order valence-corrected chi connectivity index (χ3v) is 4.24. The van der Waals surface area contributed by atoms with Crippen LogP contribution in [0.25, 0.3) is 0 Å². The van der Waals surface area contributed by atoms with E-state index in [0.717, 1.165) is 24.1 Å². The number of carbonyl (C=O) groups is 1. The van der Waals surface area contributed by atoms with Gasteiger partial charge in [0.05, 0.1) is 11.7 Å². The molecule has 3 heterocycles.